The summed E-state index contributed by atoms with van der Waals surface area (Å²) in [6.07, 6.45) is -1.39. The van der Waals surface area contributed by atoms with E-state index in [1.54, 1.807) is 6.92 Å². The summed E-state index contributed by atoms with van der Waals surface area (Å²) in [4.78, 5) is 3.90. The molecule has 0 bridgehead atoms. The fraction of sp³-hybridized carbons (Fsp3) is 0.867. The first kappa shape index (κ1) is 19.3. The van der Waals surface area contributed by atoms with Gasteiger partial charge in [-0.2, -0.15) is 4.37 Å². The molecule has 0 radical (unpaired) electrons. The van der Waals surface area contributed by atoms with Crippen LogP contribution < -0.4 is 9.64 Å². The molecule has 1 unspecified atom stereocenters. The van der Waals surface area contributed by atoms with Crippen molar-refractivity contribution in [2.75, 3.05) is 44.4 Å². The second kappa shape index (κ2) is 8.39. The summed E-state index contributed by atoms with van der Waals surface area (Å²) in [5.74, 6) is 1.15. The molecule has 9 heteroatoms. The van der Waals surface area contributed by atoms with Crippen molar-refractivity contribution in [3.05, 3.63) is 0 Å². The van der Waals surface area contributed by atoms with Crippen LogP contribution in [0.15, 0.2) is 0 Å². The molecule has 2 rings (SSSR count). The van der Waals surface area contributed by atoms with E-state index in [9.17, 15) is 10.2 Å². The molecule has 1 aromatic heterocycles. The molecule has 1 aliphatic rings. The number of rotatable bonds is 7. The van der Waals surface area contributed by atoms with E-state index in [1.807, 2.05) is 25.7 Å². The van der Waals surface area contributed by atoms with E-state index >= 15 is 0 Å². The normalized spacial score (nSPS) is 18.7. The lowest BCUT2D eigenvalue weighted by atomic mass is 10.1. The lowest BCUT2D eigenvalue weighted by molar-refractivity contribution is -0.0671. The fourth-order valence-electron chi connectivity index (χ4n) is 2.68. The summed E-state index contributed by atoms with van der Waals surface area (Å²) < 4.78 is 19.5. The zero-order valence-electron chi connectivity index (χ0n) is 14.8. The van der Waals surface area contributed by atoms with Gasteiger partial charge in [-0.3, -0.25) is 4.90 Å². The number of ether oxygens (including phenoxy) is 2. The van der Waals surface area contributed by atoms with E-state index in [1.165, 1.54) is 0 Å². The van der Waals surface area contributed by atoms with E-state index in [0.717, 1.165) is 24.8 Å². The molecule has 2 atom stereocenters. The van der Waals surface area contributed by atoms with Crippen LogP contribution >= 0.6 is 11.7 Å². The third-order valence-corrected chi connectivity index (χ3v) is 4.39. The highest BCUT2D eigenvalue weighted by Crippen LogP contribution is 2.26. The Kier molecular flexibility index (Phi) is 6.76. The molecule has 138 valence electrons. The van der Waals surface area contributed by atoms with Crippen molar-refractivity contribution in [1.29, 1.82) is 0 Å². The van der Waals surface area contributed by atoms with Crippen molar-refractivity contribution in [2.45, 2.75) is 45.6 Å². The molecule has 1 saturated heterocycles. The summed E-state index contributed by atoms with van der Waals surface area (Å²) in [6, 6.07) is 0. The third-order valence-electron chi connectivity index (χ3n) is 3.89. The fourth-order valence-corrected chi connectivity index (χ4v) is 3.20. The maximum Gasteiger partial charge on any atom is 0.270 e. The Morgan fingerprint density at radius 2 is 1.96 bits per heavy atom. The smallest absolute Gasteiger partial charge is 0.270 e. The molecule has 0 amide bonds. The predicted octanol–water partition coefficient (Wildman–Crippen LogP) is 0.553. The van der Waals surface area contributed by atoms with Crippen LogP contribution in [0.5, 0.6) is 5.88 Å². The van der Waals surface area contributed by atoms with E-state index < -0.39 is 12.3 Å². The number of aliphatic hydroxyl groups is 2. The van der Waals surface area contributed by atoms with Gasteiger partial charge in [-0.25, -0.2) is 0 Å². The van der Waals surface area contributed by atoms with Gasteiger partial charge in [-0.15, -0.1) is 4.37 Å². The Bertz CT molecular complexity index is 500. The number of β-amino-alcohol motifs (C(OH)–C–C–N with tert-alkyl or cyclic N) is 1. The van der Waals surface area contributed by atoms with Crippen LogP contribution in [0, 0.1) is 0 Å². The summed E-state index contributed by atoms with van der Waals surface area (Å²) in [6.45, 7) is 10.9. The highest BCUT2D eigenvalue weighted by atomic mass is 32.1. The lowest BCUT2D eigenvalue weighted by Gasteiger charge is -2.38. The van der Waals surface area contributed by atoms with Crippen LogP contribution in [-0.4, -0.2) is 81.2 Å². The highest BCUT2D eigenvalue weighted by molar-refractivity contribution is 6.99. The molecule has 0 aromatic carbocycles. The minimum atomic E-state index is -0.738. The Morgan fingerprint density at radius 1 is 1.29 bits per heavy atom. The van der Waals surface area contributed by atoms with Gasteiger partial charge in [-0.1, -0.05) is 0 Å². The first-order chi connectivity index (χ1) is 11.3. The maximum absolute atomic E-state index is 10.3. The molecule has 0 spiro atoms. The minimum Gasteiger partial charge on any atom is -0.472 e. The molecule has 24 heavy (non-hydrogen) atoms. The van der Waals surface area contributed by atoms with Gasteiger partial charge in [0.1, 0.15) is 18.9 Å². The van der Waals surface area contributed by atoms with Crippen LogP contribution in [-0.2, 0) is 4.74 Å². The van der Waals surface area contributed by atoms with Gasteiger partial charge in [0.2, 0.25) is 5.82 Å². The number of hydrogen-bond donors (Lipinski definition) is 2. The predicted molar refractivity (Wildman–Crippen MR) is 92.6 cm³/mol. The summed E-state index contributed by atoms with van der Waals surface area (Å²) >= 11 is 1.10. The number of anilines is 1. The molecule has 1 fully saturated rings. The van der Waals surface area contributed by atoms with E-state index in [-0.39, 0.29) is 12.1 Å². The number of morpholine rings is 1. The summed E-state index contributed by atoms with van der Waals surface area (Å²) in [5, 5.41) is 20.2. The third kappa shape index (κ3) is 5.25. The number of hydrogen-bond acceptors (Lipinski definition) is 9. The monoisotopic (exact) mass is 360 g/mol. The van der Waals surface area contributed by atoms with Crippen molar-refractivity contribution in [2.24, 2.45) is 0 Å². The molecular weight excluding hydrogens is 332 g/mol. The quantitative estimate of drug-likeness (QED) is 0.682. The Labute approximate surface area is 147 Å². The first-order valence-electron chi connectivity index (χ1n) is 8.20. The van der Waals surface area contributed by atoms with Crippen molar-refractivity contribution in [3.8, 4) is 5.88 Å². The zero-order chi connectivity index (χ0) is 17.7. The average molecular weight is 360 g/mol. The maximum atomic E-state index is 10.3. The minimum absolute atomic E-state index is 0.0993. The van der Waals surface area contributed by atoms with Gasteiger partial charge in [0.15, 0.2) is 0 Å². The topological polar surface area (TPSA) is 91.2 Å². The lowest BCUT2D eigenvalue weighted by Crippen LogP contribution is -2.51. The average Bonchev–Trinajstić information content (AvgIpc) is 2.98. The SMILES string of the molecule is CC(O)N(C[C@H](O)COc1nsnc1N1CCOCC1)C(C)(C)C. The van der Waals surface area contributed by atoms with E-state index in [2.05, 4.69) is 13.6 Å². The molecule has 0 saturated carbocycles. The number of nitrogens with zero attached hydrogens (tertiary/aromatic N) is 4. The van der Waals surface area contributed by atoms with Crippen LogP contribution in [0.25, 0.3) is 0 Å². The highest BCUT2D eigenvalue weighted by Gasteiger charge is 2.28. The molecule has 0 aliphatic carbocycles. The Hall–Kier alpha value is -1.00. The molecule has 1 aromatic rings. The molecular formula is C15H28N4O4S. The number of aliphatic hydroxyl groups excluding tert-OH is 2. The van der Waals surface area contributed by atoms with Gasteiger partial charge in [-0.05, 0) is 27.7 Å². The van der Waals surface area contributed by atoms with Crippen molar-refractivity contribution in [1.82, 2.24) is 13.6 Å². The van der Waals surface area contributed by atoms with E-state index in [4.69, 9.17) is 9.47 Å². The Morgan fingerprint density at radius 3 is 2.54 bits per heavy atom. The van der Waals surface area contributed by atoms with Gasteiger partial charge in [0.25, 0.3) is 5.88 Å². The van der Waals surface area contributed by atoms with Crippen LogP contribution in [0.2, 0.25) is 0 Å². The molecule has 2 heterocycles. The second-order valence-electron chi connectivity index (χ2n) is 6.91. The summed E-state index contributed by atoms with van der Waals surface area (Å²) in [5.41, 5.74) is -0.254. The summed E-state index contributed by atoms with van der Waals surface area (Å²) in [7, 11) is 0. The van der Waals surface area contributed by atoms with Gasteiger partial charge < -0.3 is 24.6 Å². The van der Waals surface area contributed by atoms with Gasteiger partial charge >= 0.3 is 0 Å². The zero-order valence-corrected chi connectivity index (χ0v) is 15.6. The van der Waals surface area contributed by atoms with Crippen LogP contribution in [0.4, 0.5) is 5.82 Å². The van der Waals surface area contributed by atoms with Crippen LogP contribution in [0.1, 0.15) is 27.7 Å². The second-order valence-corrected chi connectivity index (χ2v) is 7.44. The molecule has 2 N–H and O–H groups in total. The molecule has 1 aliphatic heterocycles. The largest absolute Gasteiger partial charge is 0.472 e. The first-order valence-corrected chi connectivity index (χ1v) is 8.93. The molecule has 8 nitrogen and oxygen atoms in total. The van der Waals surface area contributed by atoms with Crippen LogP contribution in [0.3, 0.4) is 0 Å². The number of aromatic nitrogens is 2. The Balaban J connectivity index is 1.90. The van der Waals surface area contributed by atoms with Crippen molar-refractivity contribution in [3.63, 3.8) is 0 Å². The van der Waals surface area contributed by atoms with Gasteiger partial charge in [0, 0.05) is 25.2 Å². The van der Waals surface area contributed by atoms with Crippen molar-refractivity contribution >= 4 is 17.5 Å². The standard InChI is InChI=1S/C15H28N4O4S/c1-11(20)19(15(2,3)4)9-12(21)10-23-14-13(16-24-17-14)18-5-7-22-8-6-18/h11-12,20-21H,5-10H2,1-4H3/t11?,12-/m0/s1. The van der Waals surface area contributed by atoms with Gasteiger partial charge in [0.05, 0.1) is 24.9 Å². The van der Waals surface area contributed by atoms with Crippen molar-refractivity contribution < 1.29 is 19.7 Å². The van der Waals surface area contributed by atoms with E-state index in [0.29, 0.717) is 31.5 Å².